The zero-order valence-corrected chi connectivity index (χ0v) is 18.3. The van der Waals surface area contributed by atoms with Crippen LogP contribution in [0.3, 0.4) is 0 Å². The first-order valence-corrected chi connectivity index (χ1v) is 10.8. The van der Waals surface area contributed by atoms with Gasteiger partial charge in [0.1, 0.15) is 0 Å². The first-order valence-electron chi connectivity index (χ1n) is 9.80. The van der Waals surface area contributed by atoms with Crippen molar-refractivity contribution < 1.29 is 28.5 Å². The van der Waals surface area contributed by atoms with Gasteiger partial charge in [0.2, 0.25) is 6.79 Å². The number of ether oxygens (including phenoxy) is 4. The van der Waals surface area contributed by atoms with E-state index in [2.05, 4.69) is 4.98 Å². The van der Waals surface area contributed by atoms with Crippen molar-refractivity contribution >= 4 is 34.6 Å². The van der Waals surface area contributed by atoms with E-state index in [9.17, 15) is 14.4 Å². The highest BCUT2D eigenvalue weighted by Gasteiger charge is 2.18. The molecule has 1 aliphatic heterocycles. The quantitative estimate of drug-likeness (QED) is 0.301. The highest BCUT2D eigenvalue weighted by Crippen LogP contribution is 2.33. The minimum atomic E-state index is -0.529. The van der Waals surface area contributed by atoms with Crippen molar-refractivity contribution in [1.82, 2.24) is 9.55 Å². The second-order valence-corrected chi connectivity index (χ2v) is 7.73. The molecule has 10 heteroatoms. The molecule has 0 N–H and O–H groups in total. The zero-order valence-electron chi connectivity index (χ0n) is 17.5. The number of hydrogen-bond acceptors (Lipinski definition) is 9. The second kappa shape index (κ2) is 9.31. The van der Waals surface area contributed by atoms with Crippen molar-refractivity contribution in [3.05, 3.63) is 57.9 Å². The molecule has 3 aromatic rings. The number of nitrogens with zero attached hydrogens (tertiary/aromatic N) is 2. The van der Waals surface area contributed by atoms with E-state index in [0.717, 1.165) is 17.3 Å². The largest absolute Gasteiger partial charge is 0.465 e. The molecule has 4 rings (SSSR count). The van der Waals surface area contributed by atoms with Crippen LogP contribution in [0.4, 0.5) is 0 Å². The molecule has 166 valence electrons. The molecular weight excluding hydrogens is 436 g/mol. The van der Waals surface area contributed by atoms with Crippen LogP contribution >= 0.6 is 11.8 Å². The Morgan fingerprint density at radius 3 is 2.75 bits per heavy atom. The maximum atomic E-state index is 13.3. The van der Waals surface area contributed by atoms with Gasteiger partial charge in [-0.2, -0.15) is 0 Å². The minimum absolute atomic E-state index is 0.0103. The molecule has 0 radical (unpaired) electrons. The van der Waals surface area contributed by atoms with Crippen LogP contribution in [0.5, 0.6) is 11.5 Å². The lowest BCUT2D eigenvalue weighted by Gasteiger charge is -2.14. The highest BCUT2D eigenvalue weighted by molar-refractivity contribution is 7.99. The molecule has 0 aliphatic carbocycles. The molecule has 9 nitrogen and oxygen atoms in total. The molecule has 2 aromatic carbocycles. The number of carbonyl (C=O) groups is 2. The van der Waals surface area contributed by atoms with Gasteiger partial charge in [0.15, 0.2) is 16.7 Å². The number of thioether (sulfide) groups is 1. The van der Waals surface area contributed by atoms with Gasteiger partial charge in [0.25, 0.3) is 5.56 Å². The summed E-state index contributed by atoms with van der Waals surface area (Å²) in [5.41, 5.74) is 1.13. The Labute approximate surface area is 187 Å². The summed E-state index contributed by atoms with van der Waals surface area (Å²) < 4.78 is 22.0. The van der Waals surface area contributed by atoms with Crippen LogP contribution in [-0.2, 0) is 20.8 Å². The van der Waals surface area contributed by atoms with Crippen LogP contribution in [0.15, 0.2) is 46.3 Å². The minimum Gasteiger partial charge on any atom is -0.465 e. The normalized spacial score (nSPS) is 12.1. The lowest BCUT2D eigenvalue weighted by Crippen LogP contribution is -2.24. The molecule has 0 amide bonds. The SMILES string of the molecule is CCOC(=O)CSc1nc2cc(C(=O)OC)ccc2c(=O)n1Cc1ccc2c(c1)OCO2. The number of esters is 2. The fourth-order valence-electron chi connectivity index (χ4n) is 3.24. The van der Waals surface area contributed by atoms with Gasteiger partial charge in [-0.3, -0.25) is 14.2 Å². The third kappa shape index (κ3) is 4.40. The van der Waals surface area contributed by atoms with Crippen LogP contribution in [0.25, 0.3) is 10.9 Å². The molecule has 0 spiro atoms. The molecule has 0 atom stereocenters. The summed E-state index contributed by atoms with van der Waals surface area (Å²) in [5.74, 6) is 0.297. The standard InChI is InChI=1S/C22H20N2O7S/c1-3-29-19(25)11-32-22-23-16-9-14(21(27)28-2)5-6-15(16)20(26)24(22)10-13-4-7-17-18(8-13)31-12-30-17/h4-9H,3,10-12H2,1-2H3. The van der Waals surface area contributed by atoms with Crippen molar-refractivity contribution in [2.24, 2.45) is 0 Å². The average Bonchev–Trinajstić information content (AvgIpc) is 3.27. The third-order valence-corrected chi connectivity index (χ3v) is 5.69. The van der Waals surface area contributed by atoms with Crippen LogP contribution < -0.4 is 15.0 Å². The molecule has 0 saturated heterocycles. The third-order valence-electron chi connectivity index (χ3n) is 4.74. The van der Waals surface area contributed by atoms with Gasteiger partial charge in [-0.15, -0.1) is 0 Å². The second-order valence-electron chi connectivity index (χ2n) is 6.79. The Kier molecular flexibility index (Phi) is 6.31. The van der Waals surface area contributed by atoms with E-state index in [-0.39, 0.29) is 36.8 Å². The highest BCUT2D eigenvalue weighted by atomic mass is 32.2. The van der Waals surface area contributed by atoms with E-state index in [0.29, 0.717) is 27.6 Å². The molecule has 0 saturated carbocycles. The topological polar surface area (TPSA) is 106 Å². The summed E-state index contributed by atoms with van der Waals surface area (Å²) in [6.45, 7) is 2.35. The van der Waals surface area contributed by atoms with Crippen molar-refractivity contribution in [3.63, 3.8) is 0 Å². The summed E-state index contributed by atoms with van der Waals surface area (Å²) >= 11 is 1.09. The van der Waals surface area contributed by atoms with Crippen LogP contribution in [0, 0.1) is 0 Å². The number of benzene rings is 2. The smallest absolute Gasteiger partial charge is 0.337 e. The van der Waals surface area contributed by atoms with Gasteiger partial charge in [-0.1, -0.05) is 17.8 Å². The number of methoxy groups -OCH3 is 1. The molecule has 0 bridgehead atoms. The lowest BCUT2D eigenvalue weighted by atomic mass is 10.1. The molecule has 2 heterocycles. The Morgan fingerprint density at radius 1 is 1.16 bits per heavy atom. The predicted molar refractivity (Wildman–Crippen MR) is 116 cm³/mol. The maximum absolute atomic E-state index is 13.3. The number of rotatable bonds is 7. The summed E-state index contributed by atoms with van der Waals surface area (Å²) in [6.07, 6.45) is 0. The van der Waals surface area contributed by atoms with E-state index in [1.165, 1.54) is 23.8 Å². The molecule has 1 aromatic heterocycles. The number of fused-ring (bicyclic) bond motifs is 2. The van der Waals surface area contributed by atoms with E-state index < -0.39 is 11.9 Å². The molecule has 1 aliphatic rings. The maximum Gasteiger partial charge on any atom is 0.337 e. The van der Waals surface area contributed by atoms with Crippen molar-refractivity contribution in [1.29, 1.82) is 0 Å². The van der Waals surface area contributed by atoms with E-state index in [1.54, 1.807) is 25.1 Å². The predicted octanol–water partition coefficient (Wildman–Crippen LogP) is 2.62. The van der Waals surface area contributed by atoms with Gasteiger partial charge >= 0.3 is 11.9 Å². The van der Waals surface area contributed by atoms with Gasteiger partial charge < -0.3 is 18.9 Å². The molecular formula is C22H20N2O7S. The van der Waals surface area contributed by atoms with Gasteiger partial charge in [0.05, 0.1) is 42.5 Å². The number of hydrogen-bond donors (Lipinski definition) is 0. The van der Waals surface area contributed by atoms with Crippen LogP contribution in [0.2, 0.25) is 0 Å². The van der Waals surface area contributed by atoms with Gasteiger partial charge in [-0.05, 0) is 42.8 Å². The van der Waals surface area contributed by atoms with Crippen molar-refractivity contribution in [2.75, 3.05) is 26.3 Å². The van der Waals surface area contributed by atoms with Gasteiger partial charge in [-0.25, -0.2) is 9.78 Å². The van der Waals surface area contributed by atoms with Crippen molar-refractivity contribution in [3.8, 4) is 11.5 Å². The Bertz CT molecular complexity index is 1250. The van der Waals surface area contributed by atoms with E-state index in [1.807, 2.05) is 6.07 Å². The van der Waals surface area contributed by atoms with Crippen molar-refractivity contribution in [2.45, 2.75) is 18.6 Å². The first kappa shape index (κ1) is 21.7. The van der Waals surface area contributed by atoms with E-state index >= 15 is 0 Å². The van der Waals surface area contributed by atoms with Gasteiger partial charge in [0, 0.05) is 0 Å². The monoisotopic (exact) mass is 456 g/mol. The Morgan fingerprint density at radius 2 is 1.97 bits per heavy atom. The molecule has 32 heavy (non-hydrogen) atoms. The summed E-state index contributed by atoms with van der Waals surface area (Å²) in [6, 6.07) is 10.00. The average molecular weight is 456 g/mol. The Balaban J connectivity index is 1.76. The van der Waals surface area contributed by atoms with E-state index in [4.69, 9.17) is 18.9 Å². The van der Waals surface area contributed by atoms with Crippen LogP contribution in [-0.4, -0.2) is 47.8 Å². The molecule has 0 fully saturated rings. The molecule has 0 unspecified atom stereocenters. The number of carbonyl (C=O) groups excluding carboxylic acids is 2. The summed E-state index contributed by atoms with van der Waals surface area (Å²) in [5, 5.41) is 0.675. The lowest BCUT2D eigenvalue weighted by molar-refractivity contribution is -0.139. The summed E-state index contributed by atoms with van der Waals surface area (Å²) in [4.78, 5) is 41.7. The fraction of sp³-hybridized carbons (Fsp3) is 0.273. The summed E-state index contributed by atoms with van der Waals surface area (Å²) in [7, 11) is 1.28. The Hall–Kier alpha value is -3.53. The fourth-order valence-corrected chi connectivity index (χ4v) is 4.04. The van der Waals surface area contributed by atoms with Crippen LogP contribution in [0.1, 0.15) is 22.8 Å². The zero-order chi connectivity index (χ0) is 22.7. The first-order chi connectivity index (χ1) is 15.5. The number of aromatic nitrogens is 2.